The van der Waals surface area contributed by atoms with Crippen LogP contribution in [0.25, 0.3) is 6.08 Å². The zero-order chi connectivity index (χ0) is 13.7. The summed E-state index contributed by atoms with van der Waals surface area (Å²) in [4.78, 5) is 25.7. The highest BCUT2D eigenvalue weighted by molar-refractivity contribution is 5.97. The first-order valence-corrected chi connectivity index (χ1v) is 5.73. The van der Waals surface area contributed by atoms with Gasteiger partial charge in [-0.15, -0.1) is 0 Å². The Hall–Kier alpha value is -2.56. The van der Waals surface area contributed by atoms with Gasteiger partial charge in [-0.25, -0.2) is 4.79 Å². The maximum absolute atomic E-state index is 11.5. The summed E-state index contributed by atoms with van der Waals surface area (Å²) in [5.41, 5.74) is 0.415. The van der Waals surface area contributed by atoms with Crippen molar-refractivity contribution in [3.05, 3.63) is 53.8 Å². The molecule has 0 radical (unpaired) electrons. The van der Waals surface area contributed by atoms with Crippen LogP contribution in [0.15, 0.2) is 41.0 Å². The number of esters is 1. The molecule has 0 aromatic carbocycles. The molecule has 0 saturated carbocycles. The van der Waals surface area contributed by atoms with Gasteiger partial charge >= 0.3 is 5.97 Å². The lowest BCUT2D eigenvalue weighted by atomic mass is 10.3. The number of aryl methyl sites for hydroxylation is 1. The first-order chi connectivity index (χ1) is 9.15. The summed E-state index contributed by atoms with van der Waals surface area (Å²) in [5, 5.41) is 0. The Balaban J connectivity index is 1.82. The van der Waals surface area contributed by atoms with Crippen molar-refractivity contribution in [1.29, 1.82) is 0 Å². The average molecular weight is 259 g/mol. The monoisotopic (exact) mass is 259 g/mol. The second-order valence-corrected chi connectivity index (χ2v) is 3.90. The molecule has 0 amide bonds. The summed E-state index contributed by atoms with van der Waals surface area (Å²) < 4.78 is 10.1. The van der Waals surface area contributed by atoms with E-state index in [1.54, 1.807) is 30.5 Å². The minimum Gasteiger partial charge on any atom is -0.462 e. The van der Waals surface area contributed by atoms with Crippen LogP contribution in [0.3, 0.4) is 0 Å². The van der Waals surface area contributed by atoms with Gasteiger partial charge in [0.2, 0.25) is 5.78 Å². The molecule has 0 fully saturated rings. The molecule has 0 aliphatic rings. The zero-order valence-electron chi connectivity index (χ0n) is 10.4. The largest absolute Gasteiger partial charge is 0.462 e. The Bertz CT molecular complexity index is 593. The number of carbonyl (C=O) groups is 2. The van der Waals surface area contributed by atoms with Crippen LogP contribution in [0.5, 0.6) is 0 Å². The van der Waals surface area contributed by atoms with E-state index in [2.05, 4.69) is 4.98 Å². The van der Waals surface area contributed by atoms with Crippen molar-refractivity contribution in [2.75, 3.05) is 6.61 Å². The van der Waals surface area contributed by atoms with Crippen LogP contribution >= 0.6 is 0 Å². The quantitative estimate of drug-likeness (QED) is 0.508. The molecule has 2 heterocycles. The Morgan fingerprint density at radius 3 is 2.84 bits per heavy atom. The molecule has 0 atom stereocenters. The van der Waals surface area contributed by atoms with E-state index in [-0.39, 0.29) is 12.4 Å². The molecule has 0 saturated heterocycles. The third-order valence-electron chi connectivity index (χ3n) is 2.39. The summed E-state index contributed by atoms with van der Waals surface area (Å²) in [5.74, 6) is 0.453. The number of carbonyl (C=O) groups excluding carboxylic acids is 2. The highest BCUT2D eigenvalue weighted by atomic mass is 16.5. The van der Waals surface area contributed by atoms with Crippen molar-refractivity contribution < 1.29 is 18.7 Å². The summed E-state index contributed by atoms with van der Waals surface area (Å²) in [6.45, 7) is 1.52. The number of rotatable bonds is 5. The van der Waals surface area contributed by atoms with Crippen molar-refractivity contribution in [2.24, 2.45) is 0 Å². The van der Waals surface area contributed by atoms with Crippen molar-refractivity contribution in [1.82, 2.24) is 4.98 Å². The molecule has 0 aliphatic carbocycles. The van der Waals surface area contributed by atoms with E-state index in [9.17, 15) is 9.59 Å². The molecular formula is C14H13NO4. The zero-order valence-corrected chi connectivity index (χ0v) is 10.4. The molecule has 0 aliphatic heterocycles. The van der Waals surface area contributed by atoms with E-state index in [1.165, 1.54) is 12.2 Å². The van der Waals surface area contributed by atoms with Crippen LogP contribution in [0.2, 0.25) is 0 Å². The van der Waals surface area contributed by atoms with Crippen LogP contribution in [0.4, 0.5) is 0 Å². The molecule has 2 aromatic heterocycles. The van der Waals surface area contributed by atoms with Crippen molar-refractivity contribution >= 4 is 17.8 Å². The number of ketones is 1. The van der Waals surface area contributed by atoms with E-state index in [4.69, 9.17) is 9.15 Å². The van der Waals surface area contributed by atoms with E-state index in [1.807, 2.05) is 6.92 Å². The van der Waals surface area contributed by atoms with Crippen molar-refractivity contribution in [2.45, 2.75) is 6.92 Å². The van der Waals surface area contributed by atoms with E-state index >= 15 is 0 Å². The van der Waals surface area contributed by atoms with Gasteiger partial charge < -0.3 is 14.1 Å². The van der Waals surface area contributed by atoms with Gasteiger partial charge in [-0.1, -0.05) is 0 Å². The fraction of sp³-hybridized carbons (Fsp3) is 0.143. The molecule has 5 nitrogen and oxygen atoms in total. The molecule has 0 bridgehead atoms. The third kappa shape index (κ3) is 3.70. The molecule has 2 rings (SSSR count). The average Bonchev–Trinajstić information content (AvgIpc) is 3.04. The summed E-state index contributed by atoms with van der Waals surface area (Å²) in [6.07, 6.45) is 4.35. The lowest BCUT2D eigenvalue weighted by molar-refractivity contribution is -0.136. The van der Waals surface area contributed by atoms with Gasteiger partial charge in [0, 0.05) is 12.3 Å². The lowest BCUT2D eigenvalue weighted by Gasteiger charge is -1.99. The normalized spacial score (nSPS) is 10.8. The number of aromatic amines is 1. The van der Waals surface area contributed by atoms with Crippen LogP contribution in [0.1, 0.15) is 22.0 Å². The summed E-state index contributed by atoms with van der Waals surface area (Å²) >= 11 is 0. The number of aromatic nitrogens is 1. The SMILES string of the molecule is Cc1ccc(C=CC(=O)OCC(=O)c2ccc[nH]2)o1. The van der Waals surface area contributed by atoms with Gasteiger partial charge in [-0.2, -0.15) is 0 Å². The van der Waals surface area contributed by atoms with E-state index in [0.717, 1.165) is 5.76 Å². The van der Waals surface area contributed by atoms with Gasteiger partial charge in [-0.05, 0) is 37.3 Å². The minimum absolute atomic E-state index is 0.277. The number of H-pyrrole nitrogens is 1. The topological polar surface area (TPSA) is 72.3 Å². The molecule has 19 heavy (non-hydrogen) atoms. The fourth-order valence-corrected chi connectivity index (χ4v) is 1.46. The predicted octanol–water partition coefficient (Wildman–Crippen LogP) is 2.36. The van der Waals surface area contributed by atoms with Gasteiger partial charge in [0.1, 0.15) is 11.5 Å². The predicted molar refractivity (Wildman–Crippen MR) is 68.6 cm³/mol. The smallest absolute Gasteiger partial charge is 0.331 e. The third-order valence-corrected chi connectivity index (χ3v) is 2.39. The van der Waals surface area contributed by atoms with Gasteiger partial charge in [-0.3, -0.25) is 4.79 Å². The number of ether oxygens (including phenoxy) is 1. The van der Waals surface area contributed by atoms with Crippen LogP contribution in [-0.4, -0.2) is 23.3 Å². The fourth-order valence-electron chi connectivity index (χ4n) is 1.46. The van der Waals surface area contributed by atoms with Crippen LogP contribution in [0, 0.1) is 6.92 Å². The first kappa shape index (κ1) is 12.9. The van der Waals surface area contributed by atoms with Gasteiger partial charge in [0.05, 0.1) is 5.69 Å². The highest BCUT2D eigenvalue weighted by Gasteiger charge is 2.08. The highest BCUT2D eigenvalue weighted by Crippen LogP contribution is 2.08. The Morgan fingerprint density at radius 1 is 1.37 bits per heavy atom. The molecule has 5 heteroatoms. The molecule has 2 aromatic rings. The Labute approximate surface area is 109 Å². The second kappa shape index (κ2) is 5.86. The number of Topliss-reactive ketones (excluding diaryl/α,β-unsaturated/α-hetero) is 1. The Kier molecular flexibility index (Phi) is 3.97. The molecular weight excluding hydrogens is 246 g/mol. The van der Waals surface area contributed by atoms with Crippen LogP contribution < -0.4 is 0 Å². The number of nitrogens with one attached hydrogen (secondary N) is 1. The van der Waals surface area contributed by atoms with Gasteiger partial charge in [0.25, 0.3) is 0 Å². The van der Waals surface area contributed by atoms with Crippen molar-refractivity contribution in [3.8, 4) is 0 Å². The number of hydrogen-bond acceptors (Lipinski definition) is 4. The first-order valence-electron chi connectivity index (χ1n) is 5.73. The van der Waals surface area contributed by atoms with E-state index in [0.29, 0.717) is 11.5 Å². The summed E-state index contributed by atoms with van der Waals surface area (Å²) in [7, 11) is 0. The lowest BCUT2D eigenvalue weighted by Crippen LogP contribution is -2.12. The number of hydrogen-bond donors (Lipinski definition) is 1. The summed E-state index contributed by atoms with van der Waals surface area (Å²) in [6, 6.07) is 6.86. The van der Waals surface area contributed by atoms with Crippen LogP contribution in [-0.2, 0) is 9.53 Å². The second-order valence-electron chi connectivity index (χ2n) is 3.90. The Morgan fingerprint density at radius 2 is 2.21 bits per heavy atom. The van der Waals surface area contributed by atoms with E-state index < -0.39 is 5.97 Å². The number of furan rings is 1. The minimum atomic E-state index is -0.589. The van der Waals surface area contributed by atoms with Crippen molar-refractivity contribution in [3.63, 3.8) is 0 Å². The maximum Gasteiger partial charge on any atom is 0.331 e. The maximum atomic E-state index is 11.5. The van der Waals surface area contributed by atoms with Gasteiger partial charge in [0.15, 0.2) is 6.61 Å². The molecule has 98 valence electrons. The standard InChI is InChI=1S/C14H13NO4/c1-10-4-5-11(19-10)6-7-14(17)18-9-13(16)12-3-2-8-15-12/h2-8,15H,9H2,1H3. The molecule has 0 spiro atoms. The molecule has 1 N–H and O–H groups in total. The molecule has 0 unspecified atom stereocenters.